The van der Waals surface area contributed by atoms with Crippen LogP contribution in [0.4, 0.5) is 11.6 Å². The molecule has 0 spiro atoms. The van der Waals surface area contributed by atoms with Gasteiger partial charge in [0.25, 0.3) is 0 Å². The van der Waals surface area contributed by atoms with Crippen LogP contribution >= 0.6 is 11.6 Å². The molecule has 1 N–H and O–H groups in total. The minimum absolute atomic E-state index is 0.171. The van der Waals surface area contributed by atoms with Crippen LogP contribution in [0.5, 0.6) is 5.75 Å². The third-order valence-electron chi connectivity index (χ3n) is 5.64. The van der Waals surface area contributed by atoms with Crippen molar-refractivity contribution >= 4 is 23.2 Å². The molecule has 28 heavy (non-hydrogen) atoms. The summed E-state index contributed by atoms with van der Waals surface area (Å²) in [5.41, 5.74) is 0. The van der Waals surface area contributed by atoms with E-state index in [0.29, 0.717) is 10.9 Å². The SMILES string of the molecule is OCC1CCCN(c2cc(N3CCC(Oc4ccccc4Cl)CC3)ncn2)C1. The maximum atomic E-state index is 9.47. The second-order valence-corrected chi connectivity index (χ2v) is 8.01. The van der Waals surface area contributed by atoms with E-state index >= 15 is 0 Å². The van der Waals surface area contributed by atoms with Crippen molar-refractivity contribution in [3.05, 3.63) is 41.7 Å². The zero-order valence-corrected chi connectivity index (χ0v) is 16.8. The molecule has 0 saturated carbocycles. The molecule has 2 fully saturated rings. The summed E-state index contributed by atoms with van der Waals surface area (Å²) in [7, 11) is 0. The predicted molar refractivity (Wildman–Crippen MR) is 111 cm³/mol. The van der Waals surface area contributed by atoms with Gasteiger partial charge in [0.1, 0.15) is 29.8 Å². The van der Waals surface area contributed by atoms with E-state index in [1.54, 1.807) is 6.33 Å². The van der Waals surface area contributed by atoms with E-state index in [1.165, 1.54) is 0 Å². The summed E-state index contributed by atoms with van der Waals surface area (Å²) >= 11 is 6.21. The normalized spacial score (nSPS) is 21.0. The van der Waals surface area contributed by atoms with Gasteiger partial charge in [-0.3, -0.25) is 0 Å². The molecule has 1 atom stereocenters. The van der Waals surface area contributed by atoms with Gasteiger partial charge in [0.15, 0.2) is 0 Å². The largest absolute Gasteiger partial charge is 0.489 e. The fraction of sp³-hybridized carbons (Fsp3) is 0.524. The minimum atomic E-state index is 0.171. The summed E-state index contributed by atoms with van der Waals surface area (Å²) in [6.45, 7) is 3.88. The molecule has 0 aliphatic carbocycles. The molecule has 3 heterocycles. The molecule has 7 heteroatoms. The molecular weight excluding hydrogens is 376 g/mol. The smallest absolute Gasteiger partial charge is 0.138 e. The fourth-order valence-corrected chi connectivity index (χ4v) is 4.21. The number of hydrogen-bond donors (Lipinski definition) is 1. The minimum Gasteiger partial charge on any atom is -0.489 e. The molecule has 0 bridgehead atoms. The molecule has 2 saturated heterocycles. The Balaban J connectivity index is 1.36. The number of nitrogens with zero attached hydrogens (tertiary/aromatic N) is 4. The first-order chi connectivity index (χ1) is 13.7. The fourth-order valence-electron chi connectivity index (χ4n) is 4.03. The van der Waals surface area contributed by atoms with Gasteiger partial charge in [0.05, 0.1) is 5.02 Å². The number of aromatic nitrogens is 2. The molecule has 1 unspecified atom stereocenters. The van der Waals surface area contributed by atoms with Gasteiger partial charge in [-0.25, -0.2) is 9.97 Å². The molecule has 0 amide bonds. The summed E-state index contributed by atoms with van der Waals surface area (Å²) in [5.74, 6) is 3.02. The van der Waals surface area contributed by atoms with Crippen molar-refractivity contribution in [1.29, 1.82) is 0 Å². The number of aliphatic hydroxyl groups excluding tert-OH is 1. The van der Waals surface area contributed by atoms with Crippen LogP contribution in [0.1, 0.15) is 25.7 Å². The van der Waals surface area contributed by atoms with Gasteiger partial charge in [-0.2, -0.15) is 0 Å². The molecule has 0 radical (unpaired) electrons. The Kier molecular flexibility index (Phi) is 6.17. The maximum absolute atomic E-state index is 9.47. The first kappa shape index (κ1) is 19.3. The summed E-state index contributed by atoms with van der Waals surface area (Å²) in [4.78, 5) is 13.5. The van der Waals surface area contributed by atoms with E-state index in [2.05, 4.69) is 25.8 Å². The Labute approximate surface area is 171 Å². The van der Waals surface area contributed by atoms with Crippen molar-refractivity contribution in [2.75, 3.05) is 42.6 Å². The number of benzene rings is 1. The highest BCUT2D eigenvalue weighted by Gasteiger charge is 2.24. The van der Waals surface area contributed by atoms with Gasteiger partial charge in [0, 0.05) is 51.7 Å². The average Bonchev–Trinajstić information content (AvgIpc) is 2.76. The number of anilines is 2. The highest BCUT2D eigenvalue weighted by atomic mass is 35.5. The lowest BCUT2D eigenvalue weighted by Gasteiger charge is -2.35. The molecular formula is C21H27ClN4O2. The summed E-state index contributed by atoms with van der Waals surface area (Å²) < 4.78 is 6.09. The van der Waals surface area contributed by atoms with Gasteiger partial charge in [-0.1, -0.05) is 23.7 Å². The van der Waals surface area contributed by atoms with E-state index in [0.717, 1.165) is 69.2 Å². The molecule has 2 aromatic rings. The quantitative estimate of drug-likeness (QED) is 0.827. The van der Waals surface area contributed by atoms with Crippen LogP contribution in [0.15, 0.2) is 36.7 Å². The van der Waals surface area contributed by atoms with E-state index in [1.807, 2.05) is 24.3 Å². The van der Waals surface area contributed by atoms with Gasteiger partial charge in [-0.15, -0.1) is 0 Å². The van der Waals surface area contributed by atoms with Crippen LogP contribution < -0.4 is 14.5 Å². The van der Waals surface area contributed by atoms with Gasteiger partial charge in [0.2, 0.25) is 0 Å². The molecule has 4 rings (SSSR count). The highest BCUT2D eigenvalue weighted by Crippen LogP contribution is 2.29. The Morgan fingerprint density at radius 3 is 2.54 bits per heavy atom. The highest BCUT2D eigenvalue weighted by molar-refractivity contribution is 6.32. The molecule has 2 aliphatic heterocycles. The van der Waals surface area contributed by atoms with Crippen molar-refractivity contribution in [2.24, 2.45) is 5.92 Å². The van der Waals surface area contributed by atoms with Gasteiger partial charge < -0.3 is 19.6 Å². The topological polar surface area (TPSA) is 61.7 Å². The van der Waals surface area contributed by atoms with Crippen LogP contribution in [-0.2, 0) is 0 Å². The molecule has 150 valence electrons. The number of hydrogen-bond acceptors (Lipinski definition) is 6. The number of piperidine rings is 2. The number of halogens is 1. The second-order valence-electron chi connectivity index (χ2n) is 7.61. The van der Waals surface area contributed by atoms with E-state index in [-0.39, 0.29) is 12.7 Å². The van der Waals surface area contributed by atoms with Crippen molar-refractivity contribution in [3.63, 3.8) is 0 Å². The van der Waals surface area contributed by atoms with Crippen LogP contribution in [-0.4, -0.2) is 54.0 Å². The molecule has 1 aromatic carbocycles. The van der Waals surface area contributed by atoms with E-state index in [9.17, 15) is 5.11 Å². The second kappa shape index (κ2) is 8.97. The Morgan fingerprint density at radius 2 is 1.79 bits per heavy atom. The van der Waals surface area contributed by atoms with Crippen LogP contribution in [0.2, 0.25) is 5.02 Å². The van der Waals surface area contributed by atoms with Crippen molar-refractivity contribution in [3.8, 4) is 5.75 Å². The first-order valence-corrected chi connectivity index (χ1v) is 10.4. The molecule has 2 aliphatic rings. The van der Waals surface area contributed by atoms with Crippen molar-refractivity contribution < 1.29 is 9.84 Å². The Morgan fingerprint density at radius 1 is 1.04 bits per heavy atom. The Hall–Kier alpha value is -2.05. The van der Waals surface area contributed by atoms with Crippen molar-refractivity contribution in [1.82, 2.24) is 9.97 Å². The first-order valence-electron chi connectivity index (χ1n) is 10.1. The number of rotatable bonds is 5. The lowest BCUT2D eigenvalue weighted by Crippen LogP contribution is -2.39. The van der Waals surface area contributed by atoms with E-state index in [4.69, 9.17) is 16.3 Å². The molecule has 6 nitrogen and oxygen atoms in total. The zero-order valence-electron chi connectivity index (χ0n) is 16.0. The average molecular weight is 403 g/mol. The van der Waals surface area contributed by atoms with Crippen LogP contribution in [0, 0.1) is 5.92 Å². The number of para-hydroxylation sites is 1. The van der Waals surface area contributed by atoms with E-state index < -0.39 is 0 Å². The van der Waals surface area contributed by atoms with Crippen LogP contribution in [0.3, 0.4) is 0 Å². The summed E-state index contributed by atoms with van der Waals surface area (Å²) in [6, 6.07) is 9.71. The van der Waals surface area contributed by atoms with Gasteiger partial charge >= 0.3 is 0 Å². The monoisotopic (exact) mass is 402 g/mol. The van der Waals surface area contributed by atoms with Crippen LogP contribution in [0.25, 0.3) is 0 Å². The van der Waals surface area contributed by atoms with Crippen molar-refractivity contribution in [2.45, 2.75) is 31.8 Å². The predicted octanol–water partition coefficient (Wildman–Crippen LogP) is 3.39. The Bertz CT molecular complexity index is 783. The maximum Gasteiger partial charge on any atom is 0.138 e. The lowest BCUT2D eigenvalue weighted by molar-refractivity contribution is 0.171. The summed E-state index contributed by atoms with van der Waals surface area (Å²) in [6.07, 6.45) is 5.87. The standard InChI is InChI=1S/C21H27ClN4O2/c22-18-5-1-2-6-19(18)28-17-7-10-25(11-8-17)20-12-21(24-15-23-20)26-9-3-4-16(13-26)14-27/h1-2,5-6,12,15-17,27H,3-4,7-11,13-14H2. The summed E-state index contributed by atoms with van der Waals surface area (Å²) in [5, 5.41) is 10.1. The zero-order chi connectivity index (χ0) is 19.3. The number of ether oxygens (including phenoxy) is 1. The third kappa shape index (κ3) is 4.50. The van der Waals surface area contributed by atoms with Gasteiger partial charge in [-0.05, 0) is 30.9 Å². The number of aliphatic hydroxyl groups is 1. The lowest BCUT2D eigenvalue weighted by atomic mass is 9.99. The molecule has 1 aromatic heterocycles. The third-order valence-corrected chi connectivity index (χ3v) is 5.95.